The molecule has 3 amide bonds. The Kier molecular flexibility index (Phi) is 9.50. The van der Waals surface area contributed by atoms with Crippen LogP contribution < -0.4 is 16.0 Å². The molecule has 2 aromatic rings. The van der Waals surface area contributed by atoms with Crippen LogP contribution in [-0.2, 0) is 35.0 Å². The summed E-state index contributed by atoms with van der Waals surface area (Å²) in [7, 11) is 2.74. The van der Waals surface area contributed by atoms with Crippen molar-refractivity contribution in [3.63, 3.8) is 0 Å². The van der Waals surface area contributed by atoms with Gasteiger partial charge in [-0.3, -0.25) is 19.2 Å². The molecule has 0 bridgehead atoms. The molecule has 12 heteroatoms. The molecule has 0 aliphatic carbocycles. The van der Waals surface area contributed by atoms with E-state index in [0.717, 1.165) is 5.56 Å². The van der Waals surface area contributed by atoms with E-state index >= 15 is 0 Å². The van der Waals surface area contributed by atoms with Crippen LogP contribution in [0.25, 0.3) is 0 Å². The molecule has 2 heterocycles. The zero-order valence-electron chi connectivity index (χ0n) is 21.2. The Morgan fingerprint density at radius 3 is 2.05 bits per heavy atom. The maximum Gasteiger partial charge on any atom is 0.274 e. The first-order valence-corrected chi connectivity index (χ1v) is 11.7. The Balaban J connectivity index is 1.70. The zero-order valence-corrected chi connectivity index (χ0v) is 21.2. The van der Waals surface area contributed by atoms with E-state index < -0.39 is 41.4 Å². The summed E-state index contributed by atoms with van der Waals surface area (Å²) >= 11 is 0. The van der Waals surface area contributed by atoms with Crippen molar-refractivity contribution in [1.82, 2.24) is 21.1 Å². The molecular formula is C25H32N4O8. The second-order valence-corrected chi connectivity index (χ2v) is 8.96. The van der Waals surface area contributed by atoms with Crippen LogP contribution in [0.2, 0.25) is 0 Å². The van der Waals surface area contributed by atoms with Crippen molar-refractivity contribution in [2.24, 2.45) is 0 Å². The number of Topliss-reactive ketones (excluding diaryl/α,β-unsaturated/α-hetero) is 1. The topological polar surface area (TPSA) is 161 Å². The highest BCUT2D eigenvalue weighted by atomic mass is 16.6. The molecule has 1 unspecified atom stereocenters. The van der Waals surface area contributed by atoms with Gasteiger partial charge in [0.05, 0.1) is 25.9 Å². The fraction of sp³-hybridized carbons (Fsp3) is 0.480. The molecule has 0 spiro atoms. The minimum Gasteiger partial charge on any atom is -0.382 e. The van der Waals surface area contributed by atoms with Gasteiger partial charge in [0.2, 0.25) is 11.8 Å². The van der Waals surface area contributed by atoms with Crippen LogP contribution in [0.15, 0.2) is 40.9 Å². The highest BCUT2D eigenvalue weighted by Crippen LogP contribution is 2.29. The highest BCUT2D eigenvalue weighted by molar-refractivity contribution is 5.99. The van der Waals surface area contributed by atoms with Crippen LogP contribution in [0.5, 0.6) is 0 Å². The number of hydrogen-bond acceptors (Lipinski definition) is 9. The maximum atomic E-state index is 13.2. The number of hydrogen-bond donors (Lipinski definition) is 3. The van der Waals surface area contributed by atoms with Crippen molar-refractivity contribution in [2.75, 3.05) is 34.0 Å². The molecule has 1 aliphatic heterocycles. The number of carbonyl (C=O) groups excluding carboxylic acids is 4. The van der Waals surface area contributed by atoms with Gasteiger partial charge < -0.3 is 34.7 Å². The van der Waals surface area contributed by atoms with Crippen LogP contribution in [-0.4, -0.2) is 86.4 Å². The third-order valence-electron chi connectivity index (χ3n) is 5.80. The molecule has 1 aromatic heterocycles. The van der Waals surface area contributed by atoms with Crippen molar-refractivity contribution in [3.8, 4) is 0 Å². The fourth-order valence-corrected chi connectivity index (χ4v) is 3.63. The van der Waals surface area contributed by atoms with E-state index in [-0.39, 0.29) is 37.7 Å². The SMILES string of the molecule is COC[C@H](NC(=O)c1cc(C)on1)C(=O)N[C@@H](COC)C(=O)N[C@@H](Cc1ccccc1)C(=O)C1(C)CO1. The predicted molar refractivity (Wildman–Crippen MR) is 130 cm³/mol. The van der Waals surface area contributed by atoms with E-state index in [0.29, 0.717) is 5.76 Å². The summed E-state index contributed by atoms with van der Waals surface area (Å²) in [4.78, 5) is 51.8. The average Bonchev–Trinajstić information content (AvgIpc) is 3.48. The molecule has 1 aromatic carbocycles. The number of nitrogens with zero attached hydrogens (tertiary/aromatic N) is 1. The lowest BCUT2D eigenvalue weighted by molar-refractivity contribution is -0.134. The van der Waals surface area contributed by atoms with Crippen LogP contribution in [0.4, 0.5) is 0 Å². The lowest BCUT2D eigenvalue weighted by atomic mass is 9.94. The van der Waals surface area contributed by atoms with Gasteiger partial charge in [-0.15, -0.1) is 0 Å². The summed E-state index contributed by atoms with van der Waals surface area (Å²) < 4.78 is 20.4. The van der Waals surface area contributed by atoms with Gasteiger partial charge in [-0.2, -0.15) is 0 Å². The Morgan fingerprint density at radius 2 is 1.54 bits per heavy atom. The van der Waals surface area contributed by atoms with Crippen molar-refractivity contribution in [2.45, 2.75) is 44.0 Å². The Morgan fingerprint density at radius 1 is 0.973 bits per heavy atom. The highest BCUT2D eigenvalue weighted by Gasteiger charge is 2.50. The van der Waals surface area contributed by atoms with Crippen LogP contribution in [0.3, 0.4) is 0 Å². The molecule has 200 valence electrons. The monoisotopic (exact) mass is 516 g/mol. The number of rotatable bonds is 14. The lowest BCUT2D eigenvalue weighted by Gasteiger charge is -2.25. The van der Waals surface area contributed by atoms with Crippen molar-refractivity contribution in [3.05, 3.63) is 53.4 Å². The van der Waals surface area contributed by atoms with Gasteiger partial charge in [-0.1, -0.05) is 35.5 Å². The quantitative estimate of drug-likeness (QED) is 0.292. The molecule has 0 saturated carbocycles. The predicted octanol–water partition coefficient (Wildman–Crippen LogP) is -0.0555. The van der Waals surface area contributed by atoms with Crippen LogP contribution in [0.1, 0.15) is 28.7 Å². The number of aromatic nitrogens is 1. The minimum absolute atomic E-state index is 0.00403. The van der Waals surface area contributed by atoms with Gasteiger partial charge in [0.25, 0.3) is 5.91 Å². The normalized spacial score (nSPS) is 18.8. The van der Waals surface area contributed by atoms with Crippen molar-refractivity contribution in [1.29, 1.82) is 0 Å². The average molecular weight is 517 g/mol. The first kappa shape index (κ1) is 28.0. The third-order valence-corrected chi connectivity index (χ3v) is 5.80. The molecule has 3 rings (SSSR count). The van der Waals surface area contributed by atoms with E-state index in [1.165, 1.54) is 20.3 Å². The molecule has 0 radical (unpaired) electrons. The molecule has 1 aliphatic rings. The van der Waals surface area contributed by atoms with Crippen LogP contribution >= 0.6 is 0 Å². The van der Waals surface area contributed by atoms with E-state index in [1.54, 1.807) is 13.8 Å². The number of methoxy groups -OCH3 is 2. The Bertz CT molecular complexity index is 1100. The van der Waals surface area contributed by atoms with Gasteiger partial charge >= 0.3 is 0 Å². The van der Waals surface area contributed by atoms with E-state index in [9.17, 15) is 19.2 Å². The first-order chi connectivity index (χ1) is 17.7. The summed E-state index contributed by atoms with van der Waals surface area (Å²) in [6.07, 6.45) is 0.248. The minimum atomic E-state index is -1.15. The summed E-state index contributed by atoms with van der Waals surface area (Å²) in [5.41, 5.74) is -0.112. The van der Waals surface area contributed by atoms with Gasteiger partial charge in [0, 0.05) is 20.3 Å². The number of nitrogens with one attached hydrogen (secondary N) is 3. The second kappa shape index (κ2) is 12.6. The number of aryl methyl sites for hydroxylation is 1. The second-order valence-electron chi connectivity index (χ2n) is 8.96. The lowest BCUT2D eigenvalue weighted by Crippen LogP contribution is -2.59. The van der Waals surface area contributed by atoms with Crippen molar-refractivity contribution < 1.29 is 37.9 Å². The first-order valence-electron chi connectivity index (χ1n) is 11.7. The third kappa shape index (κ3) is 7.68. The zero-order chi connectivity index (χ0) is 27.0. The van der Waals surface area contributed by atoms with Gasteiger partial charge in [0.15, 0.2) is 11.5 Å². The maximum absolute atomic E-state index is 13.2. The summed E-state index contributed by atoms with van der Waals surface area (Å²) in [6, 6.07) is 7.49. The summed E-state index contributed by atoms with van der Waals surface area (Å²) in [5, 5.41) is 11.4. The molecule has 4 atom stereocenters. The Hall–Kier alpha value is -3.61. The molecule has 12 nitrogen and oxygen atoms in total. The van der Waals surface area contributed by atoms with E-state index in [1.807, 2.05) is 30.3 Å². The number of epoxide rings is 1. The summed E-state index contributed by atoms with van der Waals surface area (Å²) in [6.45, 7) is 3.23. The van der Waals surface area contributed by atoms with E-state index in [4.69, 9.17) is 18.7 Å². The molecule has 3 N–H and O–H groups in total. The molecule has 1 saturated heterocycles. The van der Waals surface area contributed by atoms with Crippen LogP contribution in [0, 0.1) is 6.92 Å². The number of benzene rings is 1. The Labute approximate surface area is 214 Å². The van der Waals surface area contributed by atoms with Gasteiger partial charge in [0.1, 0.15) is 23.4 Å². The molecular weight excluding hydrogens is 484 g/mol. The number of amides is 3. The summed E-state index contributed by atoms with van der Waals surface area (Å²) in [5.74, 6) is -1.79. The van der Waals surface area contributed by atoms with Gasteiger partial charge in [-0.05, 0) is 25.8 Å². The smallest absolute Gasteiger partial charge is 0.274 e. The van der Waals surface area contributed by atoms with E-state index in [2.05, 4.69) is 21.1 Å². The molecule has 1 fully saturated rings. The number of ether oxygens (including phenoxy) is 3. The standard InChI is InChI=1S/C25H32N4O8/c1-15-10-18(29-37-15)22(31)27-20(13-35-4)24(33)28-19(12-34-3)23(32)26-17(21(30)25(2)14-36-25)11-16-8-6-5-7-9-16/h5-10,17,19-20H,11-14H2,1-4H3,(H,26,32)(H,27,31)(H,28,33)/t17-,19-,20-,25?/m0/s1. The fourth-order valence-electron chi connectivity index (χ4n) is 3.63. The van der Waals surface area contributed by atoms with Crippen molar-refractivity contribution >= 4 is 23.5 Å². The number of ketones is 1. The number of carbonyl (C=O) groups is 4. The van der Waals surface area contributed by atoms with Gasteiger partial charge in [-0.25, -0.2) is 0 Å². The largest absolute Gasteiger partial charge is 0.382 e. The molecule has 37 heavy (non-hydrogen) atoms.